The van der Waals surface area contributed by atoms with Crippen molar-refractivity contribution in [2.75, 3.05) is 13.2 Å². The molecule has 5 heteroatoms. The summed E-state index contributed by atoms with van der Waals surface area (Å²) in [6, 6.07) is 8.33. The van der Waals surface area contributed by atoms with Gasteiger partial charge in [-0.25, -0.2) is 4.98 Å². The Bertz CT molecular complexity index is 753. The summed E-state index contributed by atoms with van der Waals surface area (Å²) in [5.41, 5.74) is 2.89. The second kappa shape index (κ2) is 7.49. The van der Waals surface area contributed by atoms with Crippen molar-refractivity contribution < 1.29 is 9.53 Å². The maximum atomic E-state index is 13.2. The van der Waals surface area contributed by atoms with Gasteiger partial charge in [0, 0.05) is 24.0 Å². The number of hydrogen-bond acceptors (Lipinski definition) is 4. The number of carbonyl (C=O) groups is 1. The molecular weight excluding hydrogens is 344 g/mol. The van der Waals surface area contributed by atoms with Gasteiger partial charge in [0.1, 0.15) is 5.01 Å². The van der Waals surface area contributed by atoms with Crippen molar-refractivity contribution in [1.29, 1.82) is 0 Å². The van der Waals surface area contributed by atoms with E-state index in [-0.39, 0.29) is 11.3 Å². The summed E-state index contributed by atoms with van der Waals surface area (Å²) in [4.78, 5) is 17.9. The second-order valence-corrected chi connectivity index (χ2v) is 9.06. The molecular formula is C21H28N2O2S. The first-order chi connectivity index (χ1) is 12.3. The maximum absolute atomic E-state index is 13.2. The Morgan fingerprint density at radius 1 is 1.23 bits per heavy atom. The van der Waals surface area contributed by atoms with E-state index in [1.54, 1.807) is 11.3 Å². The number of nitrogens with zero attached hydrogens (tertiary/aromatic N) is 1. The standard InChI is InChI=1S/C21H28N2O2S/c1-15-5-7-16(8-6-15)21(9-11-25-12-10-21)19(24)22-13-18-23-17(14-26-18)20(2,3)4/h5-8,14H,9-13H2,1-4H3,(H,22,24). The smallest absolute Gasteiger partial charge is 0.231 e. The minimum atomic E-state index is -0.504. The fourth-order valence-corrected chi connectivity index (χ4v) is 4.26. The van der Waals surface area contributed by atoms with E-state index in [1.165, 1.54) is 5.56 Å². The molecule has 0 bridgehead atoms. The van der Waals surface area contributed by atoms with Crippen LogP contribution in [0.4, 0.5) is 0 Å². The molecule has 1 amide bonds. The van der Waals surface area contributed by atoms with Crippen LogP contribution < -0.4 is 5.32 Å². The molecule has 2 aromatic rings. The molecule has 0 aliphatic carbocycles. The number of amides is 1. The number of hydrogen-bond donors (Lipinski definition) is 1. The van der Waals surface area contributed by atoms with Crippen LogP contribution in [-0.4, -0.2) is 24.1 Å². The maximum Gasteiger partial charge on any atom is 0.231 e. The van der Waals surface area contributed by atoms with E-state index in [2.05, 4.69) is 67.6 Å². The van der Waals surface area contributed by atoms with E-state index in [0.717, 1.165) is 16.3 Å². The van der Waals surface area contributed by atoms with Crippen molar-refractivity contribution in [3.63, 3.8) is 0 Å². The molecule has 0 unspecified atom stereocenters. The lowest BCUT2D eigenvalue weighted by Crippen LogP contribution is -2.47. The Balaban J connectivity index is 1.76. The van der Waals surface area contributed by atoms with Crippen molar-refractivity contribution in [2.45, 2.75) is 57.9 Å². The third-order valence-corrected chi connectivity index (χ3v) is 5.95. The molecule has 0 saturated carbocycles. The van der Waals surface area contributed by atoms with Crippen LogP contribution in [-0.2, 0) is 26.9 Å². The lowest BCUT2D eigenvalue weighted by atomic mass is 9.73. The number of ether oxygens (including phenoxy) is 1. The Labute approximate surface area is 160 Å². The molecule has 0 spiro atoms. The zero-order chi connectivity index (χ0) is 18.8. The molecule has 1 aromatic carbocycles. The number of aromatic nitrogens is 1. The van der Waals surface area contributed by atoms with Gasteiger partial charge in [-0.05, 0) is 25.3 Å². The van der Waals surface area contributed by atoms with E-state index < -0.39 is 5.41 Å². The summed E-state index contributed by atoms with van der Waals surface area (Å²) >= 11 is 1.61. The highest BCUT2D eigenvalue weighted by Gasteiger charge is 2.41. The Morgan fingerprint density at radius 2 is 1.88 bits per heavy atom. The van der Waals surface area contributed by atoms with Crippen molar-refractivity contribution in [3.05, 3.63) is 51.5 Å². The number of thiazole rings is 1. The van der Waals surface area contributed by atoms with Crippen LogP contribution >= 0.6 is 11.3 Å². The summed E-state index contributed by atoms with van der Waals surface area (Å²) in [5, 5.41) is 6.18. The average molecular weight is 373 g/mol. The van der Waals surface area contributed by atoms with Gasteiger partial charge in [0.25, 0.3) is 0 Å². The molecule has 3 rings (SSSR count). The molecule has 4 nitrogen and oxygen atoms in total. The highest BCUT2D eigenvalue weighted by Crippen LogP contribution is 2.35. The summed E-state index contributed by atoms with van der Waals surface area (Å²) in [5.74, 6) is 0.0807. The van der Waals surface area contributed by atoms with Gasteiger partial charge in [0.15, 0.2) is 0 Å². The van der Waals surface area contributed by atoms with Gasteiger partial charge in [-0.1, -0.05) is 50.6 Å². The molecule has 1 aliphatic heterocycles. The molecule has 0 atom stereocenters. The second-order valence-electron chi connectivity index (χ2n) is 8.12. The van der Waals surface area contributed by atoms with Crippen LogP contribution in [0.15, 0.2) is 29.6 Å². The summed E-state index contributed by atoms with van der Waals surface area (Å²) in [6.07, 6.45) is 1.43. The molecule has 2 heterocycles. The monoisotopic (exact) mass is 372 g/mol. The fraction of sp³-hybridized carbons (Fsp3) is 0.524. The molecule has 1 aromatic heterocycles. The van der Waals surface area contributed by atoms with Crippen LogP contribution in [0, 0.1) is 6.92 Å². The number of aryl methyl sites for hydroxylation is 1. The Morgan fingerprint density at radius 3 is 2.46 bits per heavy atom. The lowest BCUT2D eigenvalue weighted by Gasteiger charge is -2.36. The highest BCUT2D eigenvalue weighted by atomic mass is 32.1. The largest absolute Gasteiger partial charge is 0.381 e. The molecule has 140 valence electrons. The minimum absolute atomic E-state index is 0.0303. The number of rotatable bonds is 4. The fourth-order valence-electron chi connectivity index (χ4n) is 3.30. The first-order valence-electron chi connectivity index (χ1n) is 9.19. The van der Waals surface area contributed by atoms with Crippen molar-refractivity contribution in [2.24, 2.45) is 0 Å². The normalized spacial score (nSPS) is 17.1. The molecule has 1 saturated heterocycles. The molecule has 0 radical (unpaired) electrons. The number of benzene rings is 1. The van der Waals surface area contributed by atoms with Crippen molar-refractivity contribution in [1.82, 2.24) is 10.3 Å². The zero-order valence-electron chi connectivity index (χ0n) is 16.1. The van der Waals surface area contributed by atoms with Gasteiger partial charge in [0.2, 0.25) is 5.91 Å². The van der Waals surface area contributed by atoms with Crippen LogP contribution in [0.3, 0.4) is 0 Å². The van der Waals surface area contributed by atoms with E-state index in [9.17, 15) is 4.79 Å². The van der Waals surface area contributed by atoms with E-state index >= 15 is 0 Å². The Hall–Kier alpha value is -1.72. The van der Waals surface area contributed by atoms with E-state index in [1.807, 2.05) is 0 Å². The zero-order valence-corrected chi connectivity index (χ0v) is 16.9. The van der Waals surface area contributed by atoms with Crippen LogP contribution in [0.1, 0.15) is 55.4 Å². The SMILES string of the molecule is Cc1ccc(C2(C(=O)NCc3nc(C(C)(C)C)cs3)CCOCC2)cc1. The number of nitrogens with one attached hydrogen (secondary N) is 1. The van der Waals surface area contributed by atoms with E-state index in [0.29, 0.717) is 32.6 Å². The van der Waals surface area contributed by atoms with Crippen LogP contribution in [0.5, 0.6) is 0 Å². The van der Waals surface area contributed by atoms with Gasteiger partial charge >= 0.3 is 0 Å². The first kappa shape index (κ1) is 19.1. The van der Waals surface area contributed by atoms with Crippen LogP contribution in [0.2, 0.25) is 0 Å². The lowest BCUT2D eigenvalue weighted by molar-refractivity contribution is -0.130. The van der Waals surface area contributed by atoms with Gasteiger partial charge in [0.05, 0.1) is 17.7 Å². The molecule has 26 heavy (non-hydrogen) atoms. The molecule has 1 N–H and O–H groups in total. The van der Waals surface area contributed by atoms with Crippen molar-refractivity contribution in [3.8, 4) is 0 Å². The van der Waals surface area contributed by atoms with Gasteiger partial charge in [-0.15, -0.1) is 11.3 Å². The highest BCUT2D eigenvalue weighted by molar-refractivity contribution is 7.09. The first-order valence-corrected chi connectivity index (χ1v) is 10.1. The molecule has 1 aliphatic rings. The van der Waals surface area contributed by atoms with E-state index in [4.69, 9.17) is 4.74 Å². The van der Waals surface area contributed by atoms with Crippen molar-refractivity contribution >= 4 is 17.2 Å². The van der Waals surface area contributed by atoms with Gasteiger partial charge < -0.3 is 10.1 Å². The summed E-state index contributed by atoms with van der Waals surface area (Å²) in [6.45, 7) is 10.2. The van der Waals surface area contributed by atoms with Gasteiger partial charge in [-0.2, -0.15) is 0 Å². The third-order valence-electron chi connectivity index (χ3n) is 5.11. The van der Waals surface area contributed by atoms with Crippen LogP contribution in [0.25, 0.3) is 0 Å². The minimum Gasteiger partial charge on any atom is -0.381 e. The topological polar surface area (TPSA) is 51.2 Å². The Kier molecular flexibility index (Phi) is 5.49. The number of carbonyl (C=O) groups excluding carboxylic acids is 1. The average Bonchev–Trinajstić information content (AvgIpc) is 3.10. The predicted molar refractivity (Wildman–Crippen MR) is 106 cm³/mol. The summed E-state index contributed by atoms with van der Waals surface area (Å²) in [7, 11) is 0. The predicted octanol–water partition coefficient (Wildman–Crippen LogP) is 4.11. The quantitative estimate of drug-likeness (QED) is 0.878. The van der Waals surface area contributed by atoms with Gasteiger partial charge in [-0.3, -0.25) is 4.79 Å². The third kappa shape index (κ3) is 3.99. The summed E-state index contributed by atoms with van der Waals surface area (Å²) < 4.78 is 5.53. The molecule has 1 fully saturated rings.